The smallest absolute Gasteiger partial charge is 0.330 e. The van der Waals surface area contributed by atoms with Gasteiger partial charge in [0.05, 0.1) is 13.5 Å². The number of aromatic amines is 1. The van der Waals surface area contributed by atoms with E-state index in [1.165, 1.54) is 25.6 Å². The topological polar surface area (TPSA) is 127 Å². The number of rotatable bonds is 8. The van der Waals surface area contributed by atoms with Crippen LogP contribution in [0.3, 0.4) is 0 Å². The number of H-pyrrole nitrogens is 1. The van der Waals surface area contributed by atoms with Gasteiger partial charge in [0.25, 0.3) is 5.56 Å². The molecule has 3 N–H and O–H groups in total. The fraction of sp³-hybridized carbons (Fsp3) is 0.400. The SMILES string of the molecule is CCCCn1c(N)c(N(C)C(=O)Cc2cc(C(C)=O)ccc2OC)c(=O)[nH]c1=O. The van der Waals surface area contributed by atoms with Crippen LogP contribution >= 0.6 is 0 Å². The molecule has 0 spiro atoms. The Morgan fingerprint density at radius 2 is 1.97 bits per heavy atom. The van der Waals surface area contributed by atoms with E-state index in [9.17, 15) is 19.2 Å². The summed E-state index contributed by atoms with van der Waals surface area (Å²) in [6.45, 7) is 3.73. The van der Waals surface area contributed by atoms with Gasteiger partial charge in [-0.05, 0) is 31.5 Å². The fourth-order valence-electron chi connectivity index (χ4n) is 2.98. The normalized spacial score (nSPS) is 10.6. The summed E-state index contributed by atoms with van der Waals surface area (Å²) in [6, 6.07) is 4.82. The summed E-state index contributed by atoms with van der Waals surface area (Å²) in [5, 5.41) is 0. The summed E-state index contributed by atoms with van der Waals surface area (Å²) in [4.78, 5) is 52.3. The first-order valence-electron chi connectivity index (χ1n) is 9.28. The number of anilines is 2. The molecule has 0 unspecified atom stereocenters. The zero-order valence-corrected chi connectivity index (χ0v) is 17.1. The maximum Gasteiger partial charge on any atom is 0.330 e. The molecule has 1 amide bonds. The molecule has 0 saturated carbocycles. The van der Waals surface area contributed by atoms with Crippen molar-refractivity contribution in [1.29, 1.82) is 0 Å². The van der Waals surface area contributed by atoms with Crippen LogP contribution in [-0.4, -0.2) is 35.4 Å². The number of Topliss-reactive ketones (excluding diaryl/α,β-unsaturated/α-hetero) is 1. The predicted molar refractivity (Wildman–Crippen MR) is 111 cm³/mol. The maximum absolute atomic E-state index is 12.9. The van der Waals surface area contributed by atoms with Gasteiger partial charge in [0, 0.05) is 24.7 Å². The standard InChI is InChI=1S/C20H26N4O5/c1-5-6-9-24-18(21)17(19(27)22-20(24)28)23(3)16(26)11-14-10-13(12(2)25)7-8-15(14)29-4/h7-8,10H,5-6,9,11,21H2,1-4H3,(H,22,27,28). The first kappa shape index (κ1) is 21.9. The number of nitrogens with one attached hydrogen (secondary N) is 1. The summed E-state index contributed by atoms with van der Waals surface area (Å²) in [6.07, 6.45) is 1.41. The Bertz CT molecular complexity index is 1040. The molecule has 2 rings (SSSR count). The number of ketones is 1. The molecule has 1 heterocycles. The Balaban J connectivity index is 2.41. The van der Waals surface area contributed by atoms with Crippen LogP contribution in [0.15, 0.2) is 27.8 Å². The van der Waals surface area contributed by atoms with E-state index in [1.807, 2.05) is 6.92 Å². The van der Waals surface area contributed by atoms with Gasteiger partial charge in [0.1, 0.15) is 11.6 Å². The minimum atomic E-state index is -0.736. The molecule has 0 aliphatic heterocycles. The molecule has 1 aromatic carbocycles. The van der Waals surface area contributed by atoms with E-state index in [-0.39, 0.29) is 23.7 Å². The molecule has 29 heavy (non-hydrogen) atoms. The molecule has 1 aromatic heterocycles. The largest absolute Gasteiger partial charge is 0.496 e. The molecule has 9 nitrogen and oxygen atoms in total. The molecular weight excluding hydrogens is 376 g/mol. The summed E-state index contributed by atoms with van der Waals surface area (Å²) >= 11 is 0. The van der Waals surface area contributed by atoms with Gasteiger partial charge in [0.2, 0.25) is 5.91 Å². The molecule has 0 aliphatic carbocycles. The molecule has 2 aromatic rings. The Labute approximate surface area is 168 Å². The number of nitrogen functional groups attached to an aromatic ring is 1. The first-order chi connectivity index (χ1) is 13.7. The highest BCUT2D eigenvalue weighted by atomic mass is 16.5. The summed E-state index contributed by atoms with van der Waals surface area (Å²) < 4.78 is 6.52. The van der Waals surface area contributed by atoms with Gasteiger partial charge >= 0.3 is 5.69 Å². The lowest BCUT2D eigenvalue weighted by atomic mass is 10.0. The third-order valence-corrected chi connectivity index (χ3v) is 4.69. The lowest BCUT2D eigenvalue weighted by Gasteiger charge is -2.21. The van der Waals surface area contributed by atoms with E-state index < -0.39 is 17.2 Å². The number of nitrogens with zero attached hydrogens (tertiary/aromatic N) is 2. The van der Waals surface area contributed by atoms with Gasteiger partial charge in [-0.2, -0.15) is 0 Å². The van der Waals surface area contributed by atoms with E-state index in [4.69, 9.17) is 10.5 Å². The molecule has 0 aliphatic rings. The van der Waals surface area contributed by atoms with E-state index in [0.717, 1.165) is 11.3 Å². The number of hydrogen-bond donors (Lipinski definition) is 2. The highest BCUT2D eigenvalue weighted by Gasteiger charge is 2.22. The number of hydrogen-bond acceptors (Lipinski definition) is 6. The van der Waals surface area contributed by atoms with Crippen molar-refractivity contribution in [3.05, 3.63) is 50.2 Å². The Morgan fingerprint density at radius 1 is 1.28 bits per heavy atom. The molecule has 0 radical (unpaired) electrons. The monoisotopic (exact) mass is 402 g/mol. The van der Waals surface area contributed by atoms with Crippen LogP contribution in [0.2, 0.25) is 0 Å². The van der Waals surface area contributed by atoms with Crippen molar-refractivity contribution in [2.75, 3.05) is 24.8 Å². The quantitative estimate of drug-likeness (QED) is 0.641. The van der Waals surface area contributed by atoms with Gasteiger partial charge in [-0.15, -0.1) is 0 Å². The minimum absolute atomic E-state index is 0.0625. The van der Waals surface area contributed by atoms with Crippen molar-refractivity contribution in [1.82, 2.24) is 9.55 Å². The Morgan fingerprint density at radius 3 is 2.55 bits per heavy atom. The predicted octanol–water partition coefficient (Wildman–Crippen LogP) is 1.34. The molecule has 0 saturated heterocycles. The van der Waals surface area contributed by atoms with E-state index >= 15 is 0 Å². The number of likely N-dealkylation sites (N-methyl/N-ethyl adjacent to an activating group) is 1. The summed E-state index contributed by atoms with van der Waals surface area (Å²) in [7, 11) is 2.88. The number of nitrogens with two attached hydrogens (primary N) is 1. The van der Waals surface area contributed by atoms with Gasteiger partial charge in [-0.25, -0.2) is 4.79 Å². The van der Waals surface area contributed by atoms with Crippen LogP contribution in [0.1, 0.15) is 42.6 Å². The number of carbonyl (C=O) groups excluding carboxylic acids is 2. The average molecular weight is 402 g/mol. The van der Waals surface area contributed by atoms with Gasteiger partial charge in [-0.3, -0.25) is 23.9 Å². The lowest BCUT2D eigenvalue weighted by molar-refractivity contribution is -0.117. The number of methoxy groups -OCH3 is 1. The summed E-state index contributed by atoms with van der Waals surface area (Å²) in [5.41, 5.74) is 5.57. The van der Waals surface area contributed by atoms with E-state index in [0.29, 0.717) is 29.8 Å². The summed E-state index contributed by atoms with van der Waals surface area (Å²) in [5.74, 6) is -0.195. The molecular formula is C20H26N4O5. The molecule has 9 heteroatoms. The minimum Gasteiger partial charge on any atom is -0.496 e. The second kappa shape index (κ2) is 9.22. The highest BCUT2D eigenvalue weighted by molar-refractivity contribution is 5.98. The average Bonchev–Trinajstić information content (AvgIpc) is 2.67. The Hall–Kier alpha value is -3.36. The van der Waals surface area contributed by atoms with Crippen LogP contribution in [-0.2, 0) is 17.8 Å². The second-order valence-corrected chi connectivity index (χ2v) is 6.71. The number of benzene rings is 1. The number of amides is 1. The van der Waals surface area contributed by atoms with Crippen molar-refractivity contribution in [2.24, 2.45) is 0 Å². The zero-order chi connectivity index (χ0) is 21.7. The molecule has 0 atom stereocenters. The maximum atomic E-state index is 12.9. The van der Waals surface area contributed by atoms with E-state index in [2.05, 4.69) is 4.98 Å². The number of unbranched alkanes of at least 4 members (excludes halogenated alkanes) is 1. The van der Waals surface area contributed by atoms with Crippen LogP contribution < -0.4 is 26.6 Å². The van der Waals surface area contributed by atoms with Crippen LogP contribution in [0.25, 0.3) is 0 Å². The third kappa shape index (κ3) is 4.74. The Kier molecular flexibility index (Phi) is 6.98. The number of aromatic nitrogens is 2. The van der Waals surface area contributed by atoms with Crippen molar-refractivity contribution in [3.8, 4) is 5.75 Å². The number of ether oxygens (including phenoxy) is 1. The molecule has 0 bridgehead atoms. The third-order valence-electron chi connectivity index (χ3n) is 4.69. The van der Waals surface area contributed by atoms with Crippen LogP contribution in [0, 0.1) is 0 Å². The zero-order valence-electron chi connectivity index (χ0n) is 17.1. The van der Waals surface area contributed by atoms with Gasteiger partial charge < -0.3 is 15.4 Å². The fourth-order valence-corrected chi connectivity index (χ4v) is 2.98. The first-order valence-corrected chi connectivity index (χ1v) is 9.28. The van der Waals surface area contributed by atoms with Crippen molar-refractivity contribution < 1.29 is 14.3 Å². The van der Waals surface area contributed by atoms with Gasteiger partial charge in [-0.1, -0.05) is 13.3 Å². The molecule has 156 valence electrons. The van der Waals surface area contributed by atoms with Crippen molar-refractivity contribution in [3.63, 3.8) is 0 Å². The van der Waals surface area contributed by atoms with Crippen molar-refractivity contribution in [2.45, 2.75) is 39.7 Å². The lowest BCUT2D eigenvalue weighted by Crippen LogP contribution is -2.39. The molecule has 0 fully saturated rings. The van der Waals surface area contributed by atoms with Crippen LogP contribution in [0.5, 0.6) is 5.75 Å². The van der Waals surface area contributed by atoms with Crippen molar-refractivity contribution >= 4 is 23.2 Å². The van der Waals surface area contributed by atoms with E-state index in [1.54, 1.807) is 18.2 Å². The second-order valence-electron chi connectivity index (χ2n) is 6.71. The van der Waals surface area contributed by atoms with Crippen LogP contribution in [0.4, 0.5) is 11.5 Å². The number of carbonyl (C=O) groups is 2. The highest BCUT2D eigenvalue weighted by Crippen LogP contribution is 2.23. The van der Waals surface area contributed by atoms with Gasteiger partial charge in [0.15, 0.2) is 11.5 Å².